The van der Waals surface area contributed by atoms with Crippen LogP contribution in [0.15, 0.2) is 18.2 Å². The molecule has 1 N–H and O–H groups in total. The minimum atomic E-state index is -0.145. The molecule has 5 heteroatoms. The predicted octanol–water partition coefficient (Wildman–Crippen LogP) is 4.32. The van der Waals surface area contributed by atoms with Crippen molar-refractivity contribution in [1.29, 1.82) is 0 Å². The lowest BCUT2D eigenvalue weighted by molar-refractivity contribution is 0.395. The molecule has 1 aromatic carbocycles. The van der Waals surface area contributed by atoms with Crippen LogP contribution in [0.2, 0.25) is 5.02 Å². The maximum absolute atomic E-state index is 6.29. The predicted molar refractivity (Wildman–Crippen MR) is 77.6 cm³/mol. The SMILES string of the molecule is Cc1ccc(-c2n[nH]c(=S)n2C(C)(C)C)c(Cl)c1. The van der Waals surface area contributed by atoms with Crippen molar-refractivity contribution in [3.8, 4) is 11.4 Å². The summed E-state index contributed by atoms with van der Waals surface area (Å²) in [6.45, 7) is 8.27. The fourth-order valence-electron chi connectivity index (χ4n) is 1.90. The number of benzene rings is 1. The number of halogens is 1. The fraction of sp³-hybridized carbons (Fsp3) is 0.385. The molecule has 0 radical (unpaired) electrons. The van der Waals surface area contributed by atoms with Gasteiger partial charge in [-0.3, -0.25) is 9.67 Å². The number of hydrogen-bond donors (Lipinski definition) is 1. The summed E-state index contributed by atoms with van der Waals surface area (Å²) >= 11 is 11.6. The van der Waals surface area contributed by atoms with Crippen molar-refractivity contribution in [2.45, 2.75) is 33.2 Å². The summed E-state index contributed by atoms with van der Waals surface area (Å²) in [5.41, 5.74) is 1.87. The second kappa shape index (κ2) is 4.52. The standard InChI is InChI=1S/C13H16ClN3S/c1-8-5-6-9(10(14)7-8)11-15-16-12(18)17(11)13(2,3)4/h5-7H,1-4H3,(H,16,18). The van der Waals surface area contributed by atoms with E-state index >= 15 is 0 Å². The zero-order valence-corrected chi connectivity index (χ0v) is 12.5. The smallest absolute Gasteiger partial charge is 0.195 e. The molecule has 0 saturated heterocycles. The first kappa shape index (κ1) is 13.3. The lowest BCUT2D eigenvalue weighted by Gasteiger charge is -2.22. The number of aromatic nitrogens is 3. The van der Waals surface area contributed by atoms with Gasteiger partial charge in [0.25, 0.3) is 0 Å². The van der Waals surface area contributed by atoms with Gasteiger partial charge >= 0.3 is 0 Å². The average Bonchev–Trinajstić information content (AvgIpc) is 2.59. The van der Waals surface area contributed by atoms with E-state index in [1.54, 1.807) is 0 Å². The third-order valence-electron chi connectivity index (χ3n) is 2.71. The summed E-state index contributed by atoms with van der Waals surface area (Å²) in [6, 6.07) is 5.93. The normalized spacial score (nSPS) is 11.8. The monoisotopic (exact) mass is 281 g/mol. The van der Waals surface area contributed by atoms with E-state index in [-0.39, 0.29) is 5.54 Å². The van der Waals surface area contributed by atoms with Gasteiger partial charge in [-0.25, -0.2) is 0 Å². The van der Waals surface area contributed by atoms with E-state index in [0.717, 1.165) is 17.0 Å². The lowest BCUT2D eigenvalue weighted by Crippen LogP contribution is -2.23. The quantitative estimate of drug-likeness (QED) is 0.790. The summed E-state index contributed by atoms with van der Waals surface area (Å²) in [4.78, 5) is 0. The Bertz CT molecular complexity index is 634. The van der Waals surface area contributed by atoms with Crippen LogP contribution in [0.1, 0.15) is 26.3 Å². The molecule has 0 aliphatic carbocycles. The van der Waals surface area contributed by atoms with E-state index in [4.69, 9.17) is 23.8 Å². The summed E-state index contributed by atoms with van der Waals surface area (Å²) in [7, 11) is 0. The van der Waals surface area contributed by atoms with Gasteiger partial charge in [0.15, 0.2) is 10.6 Å². The van der Waals surface area contributed by atoms with Crippen LogP contribution >= 0.6 is 23.8 Å². The molecule has 1 aromatic heterocycles. The first-order chi connectivity index (χ1) is 8.30. The van der Waals surface area contributed by atoms with Crippen molar-refractivity contribution in [3.05, 3.63) is 33.6 Å². The minimum Gasteiger partial charge on any atom is -0.295 e. The Morgan fingerprint density at radius 3 is 2.56 bits per heavy atom. The number of rotatable bonds is 1. The van der Waals surface area contributed by atoms with E-state index in [9.17, 15) is 0 Å². The van der Waals surface area contributed by atoms with Crippen molar-refractivity contribution < 1.29 is 0 Å². The Morgan fingerprint density at radius 2 is 2.00 bits per heavy atom. The van der Waals surface area contributed by atoms with Crippen LogP contribution in [-0.4, -0.2) is 14.8 Å². The number of nitrogens with one attached hydrogen (secondary N) is 1. The van der Waals surface area contributed by atoms with Crippen LogP contribution < -0.4 is 0 Å². The fourth-order valence-corrected chi connectivity index (χ4v) is 2.63. The molecule has 18 heavy (non-hydrogen) atoms. The van der Waals surface area contributed by atoms with Gasteiger partial charge < -0.3 is 0 Å². The average molecular weight is 282 g/mol. The molecule has 0 unspecified atom stereocenters. The summed E-state index contributed by atoms with van der Waals surface area (Å²) in [6.07, 6.45) is 0. The number of hydrogen-bond acceptors (Lipinski definition) is 2. The van der Waals surface area contributed by atoms with Crippen LogP contribution in [0.4, 0.5) is 0 Å². The van der Waals surface area contributed by atoms with Gasteiger partial charge in [0.2, 0.25) is 0 Å². The van der Waals surface area contributed by atoms with Crippen molar-refractivity contribution in [2.75, 3.05) is 0 Å². The maximum Gasteiger partial charge on any atom is 0.195 e. The third-order valence-corrected chi connectivity index (χ3v) is 3.30. The summed E-state index contributed by atoms with van der Waals surface area (Å²) in [5.74, 6) is 0.775. The van der Waals surface area contributed by atoms with Crippen LogP contribution in [-0.2, 0) is 5.54 Å². The number of aromatic amines is 1. The highest BCUT2D eigenvalue weighted by molar-refractivity contribution is 7.71. The topological polar surface area (TPSA) is 33.6 Å². The molecule has 0 amide bonds. The molecular formula is C13H16ClN3S. The molecule has 2 aromatic rings. The van der Waals surface area contributed by atoms with Gasteiger partial charge in [-0.2, -0.15) is 5.10 Å². The Kier molecular flexibility index (Phi) is 3.34. The van der Waals surface area contributed by atoms with Gasteiger partial charge in [0.05, 0.1) is 5.02 Å². The highest BCUT2D eigenvalue weighted by atomic mass is 35.5. The molecular weight excluding hydrogens is 266 g/mol. The maximum atomic E-state index is 6.29. The largest absolute Gasteiger partial charge is 0.295 e. The van der Waals surface area contributed by atoms with Crippen molar-refractivity contribution >= 4 is 23.8 Å². The summed E-state index contributed by atoms with van der Waals surface area (Å²) < 4.78 is 2.59. The zero-order valence-electron chi connectivity index (χ0n) is 10.9. The van der Waals surface area contributed by atoms with Gasteiger partial charge in [-0.15, -0.1) is 0 Å². The van der Waals surface area contributed by atoms with Gasteiger partial charge in [-0.05, 0) is 57.6 Å². The van der Waals surface area contributed by atoms with Crippen molar-refractivity contribution in [2.24, 2.45) is 0 Å². The van der Waals surface area contributed by atoms with Crippen molar-refractivity contribution in [1.82, 2.24) is 14.8 Å². The zero-order chi connectivity index (χ0) is 13.5. The Labute approximate surface area is 117 Å². The molecule has 1 heterocycles. The number of aryl methyl sites for hydroxylation is 1. The van der Waals surface area contributed by atoms with E-state index in [2.05, 4.69) is 31.0 Å². The van der Waals surface area contributed by atoms with Crippen molar-refractivity contribution in [3.63, 3.8) is 0 Å². The van der Waals surface area contributed by atoms with E-state index < -0.39 is 0 Å². The van der Waals surface area contributed by atoms with Crippen LogP contribution in [0.3, 0.4) is 0 Å². The highest BCUT2D eigenvalue weighted by Crippen LogP contribution is 2.30. The first-order valence-electron chi connectivity index (χ1n) is 5.75. The Hall–Kier alpha value is -1.13. The highest BCUT2D eigenvalue weighted by Gasteiger charge is 2.21. The third kappa shape index (κ3) is 2.35. The minimum absolute atomic E-state index is 0.145. The molecule has 0 saturated carbocycles. The lowest BCUT2D eigenvalue weighted by atomic mass is 10.1. The molecule has 0 fully saturated rings. The van der Waals surface area contributed by atoms with E-state index in [1.165, 1.54) is 0 Å². The first-order valence-corrected chi connectivity index (χ1v) is 6.54. The number of nitrogens with zero attached hydrogens (tertiary/aromatic N) is 2. The molecule has 0 atom stereocenters. The molecule has 0 aliphatic rings. The Balaban J connectivity index is 2.69. The second-order valence-corrected chi connectivity index (χ2v) is 6.14. The molecule has 2 rings (SSSR count). The van der Waals surface area contributed by atoms with Crippen LogP contribution in [0.5, 0.6) is 0 Å². The molecule has 96 valence electrons. The second-order valence-electron chi connectivity index (χ2n) is 5.34. The van der Waals surface area contributed by atoms with E-state index in [1.807, 2.05) is 29.7 Å². The van der Waals surface area contributed by atoms with Gasteiger partial charge in [0, 0.05) is 11.1 Å². The summed E-state index contributed by atoms with van der Waals surface area (Å²) in [5, 5.41) is 7.83. The van der Waals surface area contributed by atoms with Crippen LogP contribution in [0.25, 0.3) is 11.4 Å². The molecule has 0 aliphatic heterocycles. The Morgan fingerprint density at radius 1 is 1.33 bits per heavy atom. The van der Waals surface area contributed by atoms with Crippen LogP contribution in [0, 0.1) is 11.7 Å². The molecule has 0 bridgehead atoms. The molecule has 3 nitrogen and oxygen atoms in total. The van der Waals surface area contributed by atoms with Gasteiger partial charge in [0.1, 0.15) is 0 Å². The van der Waals surface area contributed by atoms with E-state index in [0.29, 0.717) is 9.79 Å². The molecule has 0 spiro atoms. The van der Waals surface area contributed by atoms with Gasteiger partial charge in [-0.1, -0.05) is 17.7 Å². The number of H-pyrrole nitrogens is 1.